The number of hydrogen-bond donors (Lipinski definition) is 0. The van der Waals surface area contributed by atoms with Gasteiger partial charge >= 0.3 is 0 Å². The van der Waals surface area contributed by atoms with Gasteiger partial charge in [0.15, 0.2) is 0 Å². The lowest BCUT2D eigenvalue weighted by Crippen LogP contribution is -1.90. The summed E-state index contributed by atoms with van der Waals surface area (Å²) >= 11 is 0. The van der Waals surface area contributed by atoms with Gasteiger partial charge in [-0.25, -0.2) is 0 Å². The summed E-state index contributed by atoms with van der Waals surface area (Å²) in [5.74, 6) is 0.858. The summed E-state index contributed by atoms with van der Waals surface area (Å²) in [6.45, 7) is 0. The van der Waals surface area contributed by atoms with E-state index in [0.717, 1.165) is 22.7 Å². The highest BCUT2D eigenvalue weighted by molar-refractivity contribution is 5.81. The highest BCUT2D eigenvalue weighted by Gasteiger charge is 1.98. The fraction of sp³-hybridized carbons (Fsp3) is 0.0556. The second-order valence-corrected chi connectivity index (χ2v) is 4.64. The van der Waals surface area contributed by atoms with Gasteiger partial charge < -0.3 is 9.30 Å². The summed E-state index contributed by atoms with van der Waals surface area (Å²) < 4.78 is 7.23. The number of aromatic nitrogens is 1. The van der Waals surface area contributed by atoms with E-state index in [1.54, 1.807) is 7.11 Å². The Kier molecular flexibility index (Phi) is 3.83. The van der Waals surface area contributed by atoms with Gasteiger partial charge in [-0.2, -0.15) is 0 Å². The molecule has 0 N–H and O–H groups in total. The lowest BCUT2D eigenvalue weighted by atomic mass is 10.3. The number of ether oxygens (including phenoxy) is 1. The van der Waals surface area contributed by atoms with Crippen molar-refractivity contribution in [2.45, 2.75) is 0 Å². The summed E-state index contributed by atoms with van der Waals surface area (Å²) in [4.78, 5) is 4.45. The molecule has 0 aliphatic rings. The van der Waals surface area contributed by atoms with E-state index in [-0.39, 0.29) is 0 Å². The molecule has 0 bridgehead atoms. The summed E-state index contributed by atoms with van der Waals surface area (Å²) in [5, 5.41) is 0. The predicted molar refractivity (Wildman–Crippen MR) is 86.0 cm³/mol. The molecule has 0 spiro atoms. The van der Waals surface area contributed by atoms with Crippen LogP contribution in [0.2, 0.25) is 0 Å². The fourth-order valence-electron chi connectivity index (χ4n) is 2.07. The Morgan fingerprint density at radius 1 is 0.952 bits per heavy atom. The van der Waals surface area contributed by atoms with Crippen LogP contribution in [0.3, 0.4) is 0 Å². The van der Waals surface area contributed by atoms with Crippen molar-refractivity contribution in [1.82, 2.24) is 4.57 Å². The second-order valence-electron chi connectivity index (χ2n) is 4.64. The highest BCUT2D eigenvalue weighted by Crippen LogP contribution is 2.16. The van der Waals surface area contributed by atoms with Crippen molar-refractivity contribution in [2.24, 2.45) is 4.99 Å². The first kappa shape index (κ1) is 13.2. The van der Waals surface area contributed by atoms with Crippen molar-refractivity contribution in [3.05, 3.63) is 78.6 Å². The predicted octanol–water partition coefficient (Wildman–Crippen LogP) is 4.24. The van der Waals surface area contributed by atoms with Crippen LogP contribution in [0.25, 0.3) is 5.69 Å². The zero-order valence-electron chi connectivity index (χ0n) is 11.8. The number of benzene rings is 2. The number of para-hydroxylation sites is 1. The molecule has 0 saturated heterocycles. The maximum absolute atomic E-state index is 5.17. The Hall–Kier alpha value is -2.81. The van der Waals surface area contributed by atoms with Crippen LogP contribution in [0.5, 0.6) is 5.75 Å². The minimum absolute atomic E-state index is 0.858. The van der Waals surface area contributed by atoms with Gasteiger partial charge in [0, 0.05) is 29.9 Å². The summed E-state index contributed by atoms with van der Waals surface area (Å²) in [5.41, 5.74) is 3.11. The van der Waals surface area contributed by atoms with Crippen LogP contribution in [-0.2, 0) is 0 Å². The molecule has 0 aliphatic heterocycles. The number of nitrogens with zero attached hydrogens (tertiary/aromatic N) is 2. The molecule has 0 aliphatic carbocycles. The minimum atomic E-state index is 0.858. The van der Waals surface area contributed by atoms with E-state index >= 15 is 0 Å². The second kappa shape index (κ2) is 6.09. The molecule has 3 rings (SSSR count). The SMILES string of the molecule is COc1ccc(-n2ccc(C=Nc3ccccc3)c2)cc1. The Morgan fingerprint density at radius 2 is 1.71 bits per heavy atom. The molecule has 1 heterocycles. The maximum atomic E-state index is 5.17. The van der Waals surface area contributed by atoms with Gasteiger partial charge in [0.1, 0.15) is 5.75 Å². The maximum Gasteiger partial charge on any atom is 0.119 e. The largest absolute Gasteiger partial charge is 0.497 e. The zero-order valence-corrected chi connectivity index (χ0v) is 11.8. The number of aliphatic imine (C=N–C) groups is 1. The number of rotatable bonds is 4. The van der Waals surface area contributed by atoms with E-state index in [2.05, 4.69) is 9.56 Å². The van der Waals surface area contributed by atoms with Gasteiger partial charge in [-0.1, -0.05) is 18.2 Å². The molecule has 0 saturated carbocycles. The molecule has 2 aromatic carbocycles. The minimum Gasteiger partial charge on any atom is -0.497 e. The van der Waals surface area contributed by atoms with E-state index in [0.29, 0.717) is 0 Å². The monoisotopic (exact) mass is 276 g/mol. The Balaban J connectivity index is 1.78. The van der Waals surface area contributed by atoms with Gasteiger partial charge in [-0.05, 0) is 42.5 Å². The third kappa shape index (κ3) is 3.20. The van der Waals surface area contributed by atoms with Crippen molar-refractivity contribution in [3.63, 3.8) is 0 Å². The Morgan fingerprint density at radius 3 is 2.43 bits per heavy atom. The number of hydrogen-bond acceptors (Lipinski definition) is 2. The van der Waals surface area contributed by atoms with Gasteiger partial charge in [-0.3, -0.25) is 4.99 Å². The third-order valence-electron chi connectivity index (χ3n) is 3.21. The van der Waals surface area contributed by atoms with Crippen LogP contribution < -0.4 is 4.74 Å². The van der Waals surface area contributed by atoms with Crippen molar-refractivity contribution >= 4 is 11.9 Å². The molecule has 0 unspecified atom stereocenters. The van der Waals surface area contributed by atoms with Crippen molar-refractivity contribution in [3.8, 4) is 11.4 Å². The zero-order chi connectivity index (χ0) is 14.5. The van der Waals surface area contributed by atoms with Crippen LogP contribution in [-0.4, -0.2) is 17.9 Å². The molecule has 21 heavy (non-hydrogen) atoms. The van der Waals surface area contributed by atoms with Crippen molar-refractivity contribution < 1.29 is 4.74 Å². The van der Waals surface area contributed by atoms with Crippen LogP contribution in [0.15, 0.2) is 78.0 Å². The number of methoxy groups -OCH3 is 1. The van der Waals surface area contributed by atoms with Crippen LogP contribution in [0, 0.1) is 0 Å². The van der Waals surface area contributed by atoms with E-state index in [1.807, 2.05) is 79.3 Å². The quantitative estimate of drug-likeness (QED) is 0.655. The van der Waals surface area contributed by atoms with Gasteiger partial charge in [0.25, 0.3) is 0 Å². The lowest BCUT2D eigenvalue weighted by Gasteiger charge is -2.04. The topological polar surface area (TPSA) is 26.5 Å². The fourth-order valence-corrected chi connectivity index (χ4v) is 2.07. The summed E-state index contributed by atoms with van der Waals surface area (Å²) in [7, 11) is 1.67. The first-order chi connectivity index (χ1) is 10.3. The van der Waals surface area contributed by atoms with Crippen LogP contribution in [0.4, 0.5) is 5.69 Å². The average molecular weight is 276 g/mol. The molecule has 1 aromatic heterocycles. The standard InChI is InChI=1S/C18H16N2O/c1-21-18-9-7-17(8-10-18)20-12-11-15(14-20)13-19-16-5-3-2-4-6-16/h2-14H,1H3. The molecule has 0 amide bonds. The third-order valence-corrected chi connectivity index (χ3v) is 3.21. The highest BCUT2D eigenvalue weighted by atomic mass is 16.5. The molecule has 0 fully saturated rings. The van der Waals surface area contributed by atoms with Crippen LogP contribution in [0.1, 0.15) is 5.56 Å². The van der Waals surface area contributed by atoms with E-state index < -0.39 is 0 Å². The molecule has 3 aromatic rings. The molecule has 104 valence electrons. The molecule has 0 atom stereocenters. The van der Waals surface area contributed by atoms with E-state index in [9.17, 15) is 0 Å². The molecule has 3 nitrogen and oxygen atoms in total. The molecule has 3 heteroatoms. The van der Waals surface area contributed by atoms with Crippen LogP contribution >= 0.6 is 0 Å². The van der Waals surface area contributed by atoms with E-state index in [4.69, 9.17) is 4.74 Å². The molecular formula is C18H16N2O. The summed E-state index contributed by atoms with van der Waals surface area (Å²) in [6, 6.07) is 19.9. The van der Waals surface area contributed by atoms with Crippen molar-refractivity contribution in [1.29, 1.82) is 0 Å². The molecule has 0 radical (unpaired) electrons. The lowest BCUT2D eigenvalue weighted by molar-refractivity contribution is 0.415. The Labute approximate surface area is 124 Å². The Bertz CT molecular complexity index is 727. The normalized spacial score (nSPS) is 10.9. The summed E-state index contributed by atoms with van der Waals surface area (Å²) in [6.07, 6.45) is 5.94. The van der Waals surface area contributed by atoms with E-state index in [1.165, 1.54) is 0 Å². The van der Waals surface area contributed by atoms with Gasteiger partial charge in [0.2, 0.25) is 0 Å². The molecular weight excluding hydrogens is 260 g/mol. The van der Waals surface area contributed by atoms with Crippen molar-refractivity contribution in [2.75, 3.05) is 7.11 Å². The van der Waals surface area contributed by atoms with Gasteiger partial charge in [-0.15, -0.1) is 0 Å². The average Bonchev–Trinajstić information content (AvgIpc) is 3.03. The smallest absolute Gasteiger partial charge is 0.119 e. The first-order valence-electron chi connectivity index (χ1n) is 6.77. The first-order valence-corrected chi connectivity index (χ1v) is 6.77. The van der Waals surface area contributed by atoms with Gasteiger partial charge in [0.05, 0.1) is 12.8 Å².